The fourth-order valence-electron chi connectivity index (χ4n) is 4.31. The van der Waals surface area contributed by atoms with Gasteiger partial charge in [-0.05, 0) is 61.4 Å². The Balaban J connectivity index is 1.57. The summed E-state index contributed by atoms with van der Waals surface area (Å²) in [5.41, 5.74) is 5.69. The van der Waals surface area contributed by atoms with Gasteiger partial charge in [-0.2, -0.15) is 13.2 Å². The molecule has 2 aromatic carbocycles. The van der Waals surface area contributed by atoms with Crippen LogP contribution in [0.3, 0.4) is 0 Å². The summed E-state index contributed by atoms with van der Waals surface area (Å²) in [6.07, 6.45) is -2.98. The molecule has 0 heterocycles. The van der Waals surface area contributed by atoms with Gasteiger partial charge < -0.3 is 15.8 Å². The van der Waals surface area contributed by atoms with Crippen molar-refractivity contribution < 1.29 is 35.9 Å². The Morgan fingerprint density at radius 3 is 2.13 bits per heavy atom. The van der Waals surface area contributed by atoms with Gasteiger partial charge in [-0.15, -0.1) is 0 Å². The first-order valence-electron chi connectivity index (χ1n) is 12.7. The number of amides is 1. The molecule has 8 nitrogen and oxygen atoms in total. The summed E-state index contributed by atoms with van der Waals surface area (Å²) in [7, 11) is -4.02. The highest BCUT2D eigenvalue weighted by Gasteiger charge is 2.33. The Hall–Kier alpha value is -2.96. The average Bonchev–Trinajstić information content (AvgIpc) is 2.90. The SMILES string of the molecule is CC(C)[C@H](N)C(=O)OC[C@@H](NC(=O)C1CCC(NS(=O)(=O)c2ccc(C(F)(F)F)cc2)CC1)c1ccccc1. The van der Waals surface area contributed by atoms with Crippen LogP contribution >= 0.6 is 0 Å². The number of carbonyl (C=O) groups is 2. The number of benzene rings is 2. The van der Waals surface area contributed by atoms with Crippen molar-refractivity contribution in [1.82, 2.24) is 10.0 Å². The minimum absolute atomic E-state index is 0.0860. The zero-order valence-corrected chi connectivity index (χ0v) is 22.6. The van der Waals surface area contributed by atoms with E-state index >= 15 is 0 Å². The smallest absolute Gasteiger partial charge is 0.416 e. The first-order chi connectivity index (χ1) is 18.3. The molecule has 0 saturated heterocycles. The zero-order chi connectivity index (χ0) is 28.8. The predicted octanol–water partition coefficient (Wildman–Crippen LogP) is 3.93. The van der Waals surface area contributed by atoms with Crippen LogP contribution in [0.5, 0.6) is 0 Å². The van der Waals surface area contributed by atoms with Crippen LogP contribution in [0.2, 0.25) is 0 Å². The lowest BCUT2D eigenvalue weighted by molar-refractivity contribution is -0.148. The highest BCUT2D eigenvalue weighted by atomic mass is 32.2. The summed E-state index contributed by atoms with van der Waals surface area (Å²) in [4.78, 5) is 25.1. The molecule has 0 bridgehead atoms. The molecule has 1 saturated carbocycles. The zero-order valence-electron chi connectivity index (χ0n) is 21.8. The topological polar surface area (TPSA) is 128 Å². The molecule has 1 fully saturated rings. The Bertz CT molecular complexity index is 1210. The Morgan fingerprint density at radius 2 is 1.59 bits per heavy atom. The normalized spacial score (nSPS) is 19.8. The minimum atomic E-state index is -4.56. The first-order valence-corrected chi connectivity index (χ1v) is 14.2. The van der Waals surface area contributed by atoms with Gasteiger partial charge in [0.25, 0.3) is 0 Å². The third-order valence-corrected chi connectivity index (χ3v) is 8.35. The summed E-state index contributed by atoms with van der Waals surface area (Å²) < 4.78 is 71.6. The lowest BCUT2D eigenvalue weighted by atomic mass is 9.85. The fraction of sp³-hybridized carbons (Fsp3) is 0.481. The van der Waals surface area contributed by atoms with Crippen LogP contribution in [0.25, 0.3) is 0 Å². The largest absolute Gasteiger partial charge is 0.462 e. The van der Waals surface area contributed by atoms with Crippen LogP contribution in [0.15, 0.2) is 59.5 Å². The molecule has 1 aliphatic carbocycles. The second-order valence-corrected chi connectivity index (χ2v) is 11.8. The number of sulfonamides is 1. The maximum absolute atomic E-state index is 13.1. The van der Waals surface area contributed by atoms with Gasteiger partial charge in [-0.3, -0.25) is 9.59 Å². The van der Waals surface area contributed by atoms with Crippen molar-refractivity contribution in [3.63, 3.8) is 0 Å². The molecule has 2 atom stereocenters. The summed E-state index contributed by atoms with van der Waals surface area (Å²) in [5, 5.41) is 2.95. The molecule has 214 valence electrons. The van der Waals surface area contributed by atoms with Gasteiger partial charge in [0.15, 0.2) is 0 Å². The number of esters is 1. The van der Waals surface area contributed by atoms with E-state index in [4.69, 9.17) is 10.5 Å². The number of hydrogen-bond acceptors (Lipinski definition) is 6. The van der Waals surface area contributed by atoms with Crippen molar-refractivity contribution in [3.8, 4) is 0 Å². The lowest BCUT2D eigenvalue weighted by Gasteiger charge is -2.30. The summed E-state index contributed by atoms with van der Waals surface area (Å²) in [5.74, 6) is -1.27. The Kier molecular flexibility index (Phi) is 10.1. The van der Waals surface area contributed by atoms with Gasteiger partial charge in [0.2, 0.25) is 15.9 Å². The third kappa shape index (κ3) is 8.51. The van der Waals surface area contributed by atoms with Crippen molar-refractivity contribution in [2.75, 3.05) is 6.61 Å². The molecule has 39 heavy (non-hydrogen) atoms. The van der Waals surface area contributed by atoms with Crippen LogP contribution in [0, 0.1) is 11.8 Å². The highest BCUT2D eigenvalue weighted by molar-refractivity contribution is 7.89. The van der Waals surface area contributed by atoms with Crippen molar-refractivity contribution in [3.05, 3.63) is 65.7 Å². The molecule has 1 aliphatic rings. The second-order valence-electron chi connectivity index (χ2n) is 10.1. The Morgan fingerprint density at radius 1 is 1.00 bits per heavy atom. The molecule has 1 amide bonds. The van der Waals surface area contributed by atoms with E-state index < -0.39 is 45.9 Å². The van der Waals surface area contributed by atoms with Crippen LogP contribution in [0.4, 0.5) is 13.2 Å². The number of carbonyl (C=O) groups excluding carboxylic acids is 2. The van der Waals surface area contributed by atoms with Crippen molar-refractivity contribution >= 4 is 21.9 Å². The summed E-state index contributed by atoms with van der Waals surface area (Å²) in [6.45, 7) is 3.53. The van der Waals surface area contributed by atoms with Crippen LogP contribution in [-0.4, -0.2) is 39.0 Å². The second kappa shape index (κ2) is 12.9. The number of nitrogens with one attached hydrogen (secondary N) is 2. The fourth-order valence-corrected chi connectivity index (χ4v) is 5.62. The molecule has 2 aromatic rings. The van der Waals surface area contributed by atoms with Crippen molar-refractivity contribution in [1.29, 1.82) is 0 Å². The number of ether oxygens (including phenoxy) is 1. The van der Waals surface area contributed by atoms with Crippen LogP contribution in [0.1, 0.15) is 56.7 Å². The van der Waals surface area contributed by atoms with Crippen LogP contribution in [-0.2, 0) is 30.5 Å². The third-order valence-electron chi connectivity index (χ3n) is 6.81. The molecule has 4 N–H and O–H groups in total. The molecule has 3 rings (SSSR count). The number of nitrogens with two attached hydrogens (primary N) is 1. The number of rotatable bonds is 10. The van der Waals surface area contributed by atoms with Crippen molar-refractivity contribution in [2.24, 2.45) is 17.6 Å². The molecule has 0 unspecified atom stereocenters. The van der Waals surface area contributed by atoms with E-state index in [9.17, 15) is 31.2 Å². The van der Waals surface area contributed by atoms with E-state index in [1.807, 2.05) is 44.2 Å². The van der Waals surface area contributed by atoms with E-state index in [0.717, 1.165) is 29.8 Å². The quantitative estimate of drug-likeness (QED) is 0.372. The van der Waals surface area contributed by atoms with E-state index in [-0.39, 0.29) is 29.2 Å². The molecule has 12 heteroatoms. The maximum atomic E-state index is 13.1. The van der Waals surface area contributed by atoms with E-state index in [0.29, 0.717) is 25.7 Å². The van der Waals surface area contributed by atoms with E-state index in [1.165, 1.54) is 0 Å². The van der Waals surface area contributed by atoms with Crippen molar-refractivity contribution in [2.45, 2.75) is 68.7 Å². The molecule has 0 aromatic heterocycles. The summed E-state index contributed by atoms with van der Waals surface area (Å²) >= 11 is 0. The van der Waals surface area contributed by atoms with Gasteiger partial charge in [0.05, 0.1) is 16.5 Å². The average molecular weight is 570 g/mol. The number of halogens is 3. The standard InChI is InChI=1S/C27H34F3N3O5S/c1-17(2)24(31)26(35)38-16-23(18-6-4-3-5-7-18)32-25(34)19-8-12-21(13-9-19)33-39(36,37)22-14-10-20(11-15-22)27(28,29)30/h3-7,10-11,14-15,17,19,21,23-24,33H,8-9,12-13,16,31H2,1-2H3,(H,32,34)/t19?,21?,23-,24+/m1/s1. The molecule has 0 radical (unpaired) electrons. The molecular formula is C27H34F3N3O5S. The number of hydrogen-bond donors (Lipinski definition) is 3. The maximum Gasteiger partial charge on any atom is 0.416 e. The minimum Gasteiger partial charge on any atom is -0.462 e. The predicted molar refractivity (Wildman–Crippen MR) is 139 cm³/mol. The first kappa shape index (κ1) is 30.6. The number of alkyl halides is 3. The van der Waals surface area contributed by atoms with E-state index in [1.54, 1.807) is 0 Å². The Labute approximate surface area is 226 Å². The van der Waals surface area contributed by atoms with Crippen LogP contribution < -0.4 is 15.8 Å². The highest BCUT2D eigenvalue weighted by Crippen LogP contribution is 2.30. The monoisotopic (exact) mass is 569 g/mol. The van der Waals surface area contributed by atoms with Gasteiger partial charge in [0.1, 0.15) is 12.6 Å². The molecular weight excluding hydrogens is 535 g/mol. The van der Waals surface area contributed by atoms with Gasteiger partial charge in [-0.1, -0.05) is 44.2 Å². The summed E-state index contributed by atoms with van der Waals surface area (Å²) in [6, 6.07) is 10.6. The van der Waals surface area contributed by atoms with E-state index in [2.05, 4.69) is 10.0 Å². The van der Waals surface area contributed by atoms with Gasteiger partial charge in [-0.25, -0.2) is 13.1 Å². The van der Waals surface area contributed by atoms with Gasteiger partial charge >= 0.3 is 12.1 Å². The molecule has 0 aliphatic heterocycles. The lowest BCUT2D eigenvalue weighted by Crippen LogP contribution is -2.43. The molecule has 0 spiro atoms. The van der Waals surface area contributed by atoms with Gasteiger partial charge in [0, 0.05) is 12.0 Å².